The lowest BCUT2D eigenvalue weighted by Crippen LogP contribution is -2.46. The fourth-order valence-corrected chi connectivity index (χ4v) is 1.96. The minimum atomic E-state index is -0.285. The molecule has 1 heterocycles. The molecule has 4 nitrogen and oxygen atoms in total. The van der Waals surface area contributed by atoms with E-state index in [1.165, 1.54) is 0 Å². The summed E-state index contributed by atoms with van der Waals surface area (Å²) in [5.41, 5.74) is -0.533. The van der Waals surface area contributed by atoms with Crippen LogP contribution in [0.2, 0.25) is 0 Å². The first-order chi connectivity index (χ1) is 7.40. The minimum Gasteiger partial charge on any atom is -0.374 e. The van der Waals surface area contributed by atoms with Gasteiger partial charge in [-0.25, -0.2) is 0 Å². The van der Waals surface area contributed by atoms with E-state index in [4.69, 9.17) is 4.74 Å². The first-order valence-corrected chi connectivity index (χ1v) is 6.03. The van der Waals surface area contributed by atoms with Crippen LogP contribution in [-0.4, -0.2) is 37.7 Å². The van der Waals surface area contributed by atoms with Crippen LogP contribution in [0.5, 0.6) is 0 Å². The zero-order chi connectivity index (χ0) is 12.2. The average Bonchev–Trinajstić information content (AvgIpc) is 2.63. The molecule has 1 unspecified atom stereocenters. The highest BCUT2D eigenvalue weighted by Crippen LogP contribution is 2.24. The number of hydrogen-bond donors (Lipinski definition) is 2. The maximum absolute atomic E-state index is 12.0. The Morgan fingerprint density at radius 1 is 1.56 bits per heavy atom. The molecule has 0 radical (unpaired) electrons. The van der Waals surface area contributed by atoms with Crippen molar-refractivity contribution in [2.45, 2.75) is 39.7 Å². The third-order valence-electron chi connectivity index (χ3n) is 3.13. The molecule has 1 saturated heterocycles. The number of amides is 1. The quantitative estimate of drug-likeness (QED) is 0.735. The number of ether oxygens (including phenoxy) is 1. The van der Waals surface area contributed by atoms with Crippen LogP contribution >= 0.6 is 0 Å². The maximum atomic E-state index is 12.0. The van der Waals surface area contributed by atoms with Crippen LogP contribution < -0.4 is 10.6 Å². The van der Waals surface area contributed by atoms with Gasteiger partial charge in [-0.2, -0.15) is 0 Å². The molecule has 1 atom stereocenters. The van der Waals surface area contributed by atoms with Gasteiger partial charge in [0.05, 0.1) is 11.0 Å². The van der Waals surface area contributed by atoms with Crippen molar-refractivity contribution in [2.24, 2.45) is 5.41 Å². The lowest BCUT2D eigenvalue weighted by atomic mass is 9.88. The predicted molar refractivity (Wildman–Crippen MR) is 64.3 cm³/mol. The summed E-state index contributed by atoms with van der Waals surface area (Å²) in [5.74, 6) is 0.130. The van der Waals surface area contributed by atoms with Crippen molar-refractivity contribution in [3.05, 3.63) is 0 Å². The molecule has 0 spiro atoms. The van der Waals surface area contributed by atoms with Crippen molar-refractivity contribution >= 4 is 5.91 Å². The van der Waals surface area contributed by atoms with Gasteiger partial charge in [0, 0.05) is 19.7 Å². The third-order valence-corrected chi connectivity index (χ3v) is 3.13. The van der Waals surface area contributed by atoms with Crippen LogP contribution in [0.4, 0.5) is 0 Å². The third kappa shape index (κ3) is 3.46. The number of carbonyl (C=O) groups is 1. The summed E-state index contributed by atoms with van der Waals surface area (Å²) in [6, 6.07) is 0. The Bertz CT molecular complexity index is 245. The highest BCUT2D eigenvalue weighted by atomic mass is 16.5. The number of carbonyl (C=O) groups excluding carboxylic acids is 1. The Balaban J connectivity index is 2.40. The Morgan fingerprint density at radius 2 is 2.25 bits per heavy atom. The first-order valence-electron chi connectivity index (χ1n) is 6.03. The van der Waals surface area contributed by atoms with Gasteiger partial charge in [-0.3, -0.25) is 4.79 Å². The number of nitrogens with one attached hydrogen (secondary N) is 2. The Labute approximate surface area is 98.1 Å². The molecule has 1 amide bonds. The van der Waals surface area contributed by atoms with Crippen molar-refractivity contribution in [1.82, 2.24) is 10.6 Å². The van der Waals surface area contributed by atoms with E-state index in [0.29, 0.717) is 13.2 Å². The van der Waals surface area contributed by atoms with Crippen molar-refractivity contribution in [2.75, 3.05) is 26.2 Å². The molecule has 94 valence electrons. The highest BCUT2D eigenvalue weighted by molar-refractivity contribution is 5.82. The minimum absolute atomic E-state index is 0.130. The molecule has 4 heteroatoms. The average molecular weight is 228 g/mol. The van der Waals surface area contributed by atoms with Crippen molar-refractivity contribution in [3.8, 4) is 0 Å². The van der Waals surface area contributed by atoms with E-state index in [1.54, 1.807) is 0 Å². The maximum Gasteiger partial charge on any atom is 0.227 e. The van der Waals surface area contributed by atoms with Gasteiger partial charge in [-0.1, -0.05) is 0 Å². The molecule has 0 aromatic rings. The van der Waals surface area contributed by atoms with Crippen LogP contribution in [0, 0.1) is 5.41 Å². The van der Waals surface area contributed by atoms with Gasteiger partial charge in [-0.05, 0) is 40.7 Å². The molecule has 16 heavy (non-hydrogen) atoms. The molecule has 1 rings (SSSR count). The fourth-order valence-electron chi connectivity index (χ4n) is 1.96. The summed E-state index contributed by atoms with van der Waals surface area (Å²) in [6.07, 6.45) is 0.911. The lowest BCUT2D eigenvalue weighted by Gasteiger charge is -2.28. The van der Waals surface area contributed by atoms with Gasteiger partial charge < -0.3 is 15.4 Å². The molecule has 0 aromatic heterocycles. The molecule has 1 fully saturated rings. The van der Waals surface area contributed by atoms with Gasteiger partial charge in [0.25, 0.3) is 0 Å². The van der Waals surface area contributed by atoms with E-state index in [-0.39, 0.29) is 16.9 Å². The second kappa shape index (κ2) is 5.15. The van der Waals surface area contributed by atoms with Crippen molar-refractivity contribution in [1.29, 1.82) is 0 Å². The largest absolute Gasteiger partial charge is 0.374 e. The van der Waals surface area contributed by atoms with Crippen molar-refractivity contribution < 1.29 is 9.53 Å². The normalized spacial score (nSPS) is 25.8. The van der Waals surface area contributed by atoms with Crippen LogP contribution in [0.1, 0.15) is 34.1 Å². The van der Waals surface area contributed by atoms with Gasteiger partial charge in [0.2, 0.25) is 5.91 Å². The van der Waals surface area contributed by atoms with E-state index in [2.05, 4.69) is 10.6 Å². The zero-order valence-corrected chi connectivity index (χ0v) is 10.9. The van der Waals surface area contributed by atoms with Gasteiger partial charge >= 0.3 is 0 Å². The summed E-state index contributed by atoms with van der Waals surface area (Å²) < 4.78 is 5.54. The first kappa shape index (κ1) is 13.5. The summed E-state index contributed by atoms with van der Waals surface area (Å²) in [4.78, 5) is 12.0. The molecule has 0 aliphatic carbocycles. The predicted octanol–water partition coefficient (Wildman–Crippen LogP) is 0.917. The van der Waals surface area contributed by atoms with E-state index >= 15 is 0 Å². The highest BCUT2D eigenvalue weighted by Gasteiger charge is 2.36. The molecule has 0 aromatic carbocycles. The molecule has 1 aliphatic rings. The number of rotatable bonds is 5. The van der Waals surface area contributed by atoms with Crippen LogP contribution in [0.25, 0.3) is 0 Å². The lowest BCUT2D eigenvalue weighted by molar-refractivity contribution is -0.130. The Kier molecular flexibility index (Phi) is 4.33. The summed E-state index contributed by atoms with van der Waals surface area (Å²) in [7, 11) is 0. The molecule has 0 saturated carbocycles. The smallest absolute Gasteiger partial charge is 0.227 e. The molecular weight excluding hydrogens is 204 g/mol. The summed E-state index contributed by atoms with van der Waals surface area (Å²) in [6.45, 7) is 10.9. The SMILES string of the molecule is CCOC(C)(C)CNC(=O)C1(C)CCNC1. The Hall–Kier alpha value is -0.610. The zero-order valence-electron chi connectivity index (χ0n) is 10.9. The number of hydrogen-bond acceptors (Lipinski definition) is 3. The van der Waals surface area contributed by atoms with Gasteiger partial charge in [-0.15, -0.1) is 0 Å². The molecular formula is C12H24N2O2. The van der Waals surface area contributed by atoms with Crippen LogP contribution in [0.15, 0.2) is 0 Å². The fraction of sp³-hybridized carbons (Fsp3) is 0.917. The standard InChI is InChI=1S/C12H24N2O2/c1-5-16-11(2,3)8-14-10(15)12(4)6-7-13-9-12/h13H,5-9H2,1-4H3,(H,14,15). The van der Waals surface area contributed by atoms with Crippen LogP contribution in [0.3, 0.4) is 0 Å². The molecule has 0 bridgehead atoms. The summed E-state index contributed by atoms with van der Waals surface area (Å²) >= 11 is 0. The van der Waals surface area contributed by atoms with E-state index < -0.39 is 0 Å². The van der Waals surface area contributed by atoms with Crippen molar-refractivity contribution in [3.63, 3.8) is 0 Å². The van der Waals surface area contributed by atoms with E-state index in [1.807, 2.05) is 27.7 Å². The monoisotopic (exact) mass is 228 g/mol. The van der Waals surface area contributed by atoms with Crippen LogP contribution in [-0.2, 0) is 9.53 Å². The van der Waals surface area contributed by atoms with Gasteiger partial charge in [0.1, 0.15) is 0 Å². The van der Waals surface area contributed by atoms with E-state index in [9.17, 15) is 4.79 Å². The second-order valence-corrected chi connectivity index (χ2v) is 5.36. The second-order valence-electron chi connectivity index (χ2n) is 5.36. The molecule has 2 N–H and O–H groups in total. The topological polar surface area (TPSA) is 50.4 Å². The molecule has 1 aliphatic heterocycles. The summed E-state index contributed by atoms with van der Waals surface area (Å²) in [5, 5.41) is 6.21. The van der Waals surface area contributed by atoms with Gasteiger partial charge in [0.15, 0.2) is 0 Å². The Morgan fingerprint density at radius 3 is 2.75 bits per heavy atom. The van der Waals surface area contributed by atoms with E-state index in [0.717, 1.165) is 19.5 Å².